The van der Waals surface area contributed by atoms with Gasteiger partial charge in [0.05, 0.1) is 6.04 Å². The molecule has 110 valence electrons. The van der Waals surface area contributed by atoms with E-state index in [-0.39, 0.29) is 0 Å². The highest BCUT2D eigenvalue weighted by molar-refractivity contribution is 5.39. The Hall–Kier alpha value is -1.64. The standard InChI is InChI=1S/C19H24N2/c1-15-8-9-16(2)18(14-15)19(17-6-4-3-5-7-17)21-12-10-20-11-13-21/h3-9,14,19-20H,10-13H2,1-2H3/t19-/m1/s1. The van der Waals surface area contributed by atoms with Crippen LogP contribution in [0, 0.1) is 13.8 Å². The third kappa shape index (κ3) is 3.17. The van der Waals surface area contributed by atoms with Crippen LogP contribution in [-0.2, 0) is 0 Å². The topological polar surface area (TPSA) is 15.3 Å². The number of benzene rings is 2. The molecule has 3 rings (SSSR count). The van der Waals surface area contributed by atoms with Gasteiger partial charge in [-0.2, -0.15) is 0 Å². The van der Waals surface area contributed by atoms with Gasteiger partial charge in [-0.05, 0) is 30.5 Å². The van der Waals surface area contributed by atoms with Crippen molar-refractivity contribution in [2.24, 2.45) is 0 Å². The first kappa shape index (κ1) is 14.3. The molecular formula is C19H24N2. The van der Waals surface area contributed by atoms with Gasteiger partial charge >= 0.3 is 0 Å². The fourth-order valence-corrected chi connectivity index (χ4v) is 3.22. The molecule has 2 nitrogen and oxygen atoms in total. The Morgan fingerprint density at radius 3 is 2.38 bits per heavy atom. The van der Waals surface area contributed by atoms with Crippen molar-refractivity contribution in [1.29, 1.82) is 0 Å². The number of rotatable bonds is 3. The monoisotopic (exact) mass is 280 g/mol. The van der Waals surface area contributed by atoms with Crippen LogP contribution >= 0.6 is 0 Å². The summed E-state index contributed by atoms with van der Waals surface area (Å²) in [6.45, 7) is 8.78. The Labute approximate surface area is 127 Å². The molecule has 1 N–H and O–H groups in total. The summed E-state index contributed by atoms with van der Waals surface area (Å²) in [5, 5.41) is 3.46. The molecule has 2 aromatic carbocycles. The average molecular weight is 280 g/mol. The Kier molecular flexibility index (Phi) is 4.37. The lowest BCUT2D eigenvalue weighted by molar-refractivity contribution is 0.198. The summed E-state index contributed by atoms with van der Waals surface area (Å²) >= 11 is 0. The van der Waals surface area contributed by atoms with Crippen LogP contribution in [0.4, 0.5) is 0 Å². The molecule has 2 heteroatoms. The maximum Gasteiger partial charge on any atom is 0.0605 e. The molecule has 0 saturated carbocycles. The molecule has 2 aromatic rings. The summed E-state index contributed by atoms with van der Waals surface area (Å²) in [5.74, 6) is 0. The minimum atomic E-state index is 0.369. The lowest BCUT2D eigenvalue weighted by atomic mass is 9.92. The van der Waals surface area contributed by atoms with E-state index in [9.17, 15) is 0 Å². The third-order valence-corrected chi connectivity index (χ3v) is 4.36. The number of aryl methyl sites for hydroxylation is 2. The van der Waals surface area contributed by atoms with E-state index in [2.05, 4.69) is 72.6 Å². The number of nitrogens with zero attached hydrogens (tertiary/aromatic N) is 1. The van der Waals surface area contributed by atoms with Gasteiger partial charge < -0.3 is 5.32 Å². The SMILES string of the molecule is Cc1ccc(C)c([C@@H](c2ccccc2)N2CCNCC2)c1. The van der Waals surface area contributed by atoms with E-state index in [0.717, 1.165) is 26.2 Å². The lowest BCUT2D eigenvalue weighted by Gasteiger charge is -2.36. The number of nitrogens with one attached hydrogen (secondary N) is 1. The summed E-state index contributed by atoms with van der Waals surface area (Å²) < 4.78 is 0. The van der Waals surface area contributed by atoms with E-state index in [4.69, 9.17) is 0 Å². The van der Waals surface area contributed by atoms with Crippen LogP contribution in [0.15, 0.2) is 48.5 Å². The molecule has 21 heavy (non-hydrogen) atoms. The smallest absolute Gasteiger partial charge is 0.0605 e. The fraction of sp³-hybridized carbons (Fsp3) is 0.368. The molecule has 1 saturated heterocycles. The van der Waals surface area contributed by atoms with Gasteiger partial charge in [-0.1, -0.05) is 54.1 Å². The first-order chi connectivity index (χ1) is 10.3. The van der Waals surface area contributed by atoms with Gasteiger partial charge in [0.25, 0.3) is 0 Å². The molecule has 0 unspecified atom stereocenters. The first-order valence-electron chi connectivity index (χ1n) is 7.82. The summed E-state index contributed by atoms with van der Waals surface area (Å²) in [4.78, 5) is 2.60. The molecular weight excluding hydrogens is 256 g/mol. The molecule has 1 aliphatic heterocycles. The average Bonchev–Trinajstić information content (AvgIpc) is 2.53. The van der Waals surface area contributed by atoms with E-state index < -0.39 is 0 Å². The van der Waals surface area contributed by atoms with Crippen molar-refractivity contribution in [3.63, 3.8) is 0 Å². The van der Waals surface area contributed by atoms with Gasteiger partial charge in [0.2, 0.25) is 0 Å². The fourth-order valence-electron chi connectivity index (χ4n) is 3.22. The van der Waals surface area contributed by atoms with Crippen molar-refractivity contribution >= 4 is 0 Å². The number of hydrogen-bond acceptors (Lipinski definition) is 2. The van der Waals surface area contributed by atoms with E-state index in [1.54, 1.807) is 0 Å². The Bertz CT molecular complexity index is 586. The zero-order valence-electron chi connectivity index (χ0n) is 13.0. The van der Waals surface area contributed by atoms with Crippen LogP contribution in [0.3, 0.4) is 0 Å². The predicted octanol–water partition coefficient (Wildman–Crippen LogP) is 3.30. The van der Waals surface area contributed by atoms with Gasteiger partial charge in [-0.3, -0.25) is 4.90 Å². The maximum absolute atomic E-state index is 3.46. The number of hydrogen-bond donors (Lipinski definition) is 1. The molecule has 0 aliphatic carbocycles. The molecule has 0 spiro atoms. The van der Waals surface area contributed by atoms with Crippen molar-refractivity contribution in [2.75, 3.05) is 26.2 Å². The first-order valence-corrected chi connectivity index (χ1v) is 7.82. The van der Waals surface area contributed by atoms with E-state index >= 15 is 0 Å². The van der Waals surface area contributed by atoms with Gasteiger partial charge in [0, 0.05) is 26.2 Å². The number of piperazine rings is 1. The minimum Gasteiger partial charge on any atom is -0.314 e. The van der Waals surface area contributed by atoms with Crippen LogP contribution in [0.25, 0.3) is 0 Å². The van der Waals surface area contributed by atoms with Gasteiger partial charge in [-0.15, -0.1) is 0 Å². The predicted molar refractivity (Wildman–Crippen MR) is 88.6 cm³/mol. The molecule has 1 heterocycles. The second kappa shape index (κ2) is 6.42. The van der Waals surface area contributed by atoms with Crippen molar-refractivity contribution < 1.29 is 0 Å². The van der Waals surface area contributed by atoms with Crippen molar-refractivity contribution in [1.82, 2.24) is 10.2 Å². The Morgan fingerprint density at radius 1 is 0.952 bits per heavy atom. The molecule has 1 aliphatic rings. The highest BCUT2D eigenvalue weighted by Gasteiger charge is 2.24. The summed E-state index contributed by atoms with van der Waals surface area (Å²) in [5.41, 5.74) is 5.57. The molecule has 0 radical (unpaired) electrons. The van der Waals surface area contributed by atoms with Crippen LogP contribution in [0.1, 0.15) is 28.3 Å². The van der Waals surface area contributed by atoms with Crippen LogP contribution in [0.5, 0.6) is 0 Å². The normalized spacial score (nSPS) is 17.6. The molecule has 1 fully saturated rings. The summed E-state index contributed by atoms with van der Waals surface area (Å²) in [7, 11) is 0. The van der Waals surface area contributed by atoms with Gasteiger partial charge in [-0.25, -0.2) is 0 Å². The van der Waals surface area contributed by atoms with E-state index in [1.807, 2.05) is 0 Å². The highest BCUT2D eigenvalue weighted by atomic mass is 15.2. The molecule has 1 atom stereocenters. The zero-order valence-corrected chi connectivity index (χ0v) is 13.0. The maximum atomic E-state index is 3.46. The Balaban J connectivity index is 2.05. The highest BCUT2D eigenvalue weighted by Crippen LogP contribution is 2.31. The van der Waals surface area contributed by atoms with Crippen LogP contribution in [0.2, 0.25) is 0 Å². The lowest BCUT2D eigenvalue weighted by Crippen LogP contribution is -2.45. The van der Waals surface area contributed by atoms with Gasteiger partial charge in [0.1, 0.15) is 0 Å². The zero-order chi connectivity index (χ0) is 14.7. The van der Waals surface area contributed by atoms with Crippen molar-refractivity contribution in [3.05, 3.63) is 70.8 Å². The van der Waals surface area contributed by atoms with Crippen molar-refractivity contribution in [2.45, 2.75) is 19.9 Å². The van der Waals surface area contributed by atoms with Gasteiger partial charge in [0.15, 0.2) is 0 Å². The third-order valence-electron chi connectivity index (χ3n) is 4.36. The van der Waals surface area contributed by atoms with E-state index in [1.165, 1.54) is 22.3 Å². The van der Waals surface area contributed by atoms with Crippen LogP contribution in [-0.4, -0.2) is 31.1 Å². The van der Waals surface area contributed by atoms with E-state index in [0.29, 0.717) is 6.04 Å². The largest absolute Gasteiger partial charge is 0.314 e. The summed E-state index contributed by atoms with van der Waals surface area (Å²) in [6.07, 6.45) is 0. The van der Waals surface area contributed by atoms with Crippen molar-refractivity contribution in [3.8, 4) is 0 Å². The summed E-state index contributed by atoms with van der Waals surface area (Å²) in [6, 6.07) is 18.1. The second-order valence-electron chi connectivity index (χ2n) is 5.96. The molecule has 0 aromatic heterocycles. The molecule has 0 bridgehead atoms. The Morgan fingerprint density at radius 2 is 1.67 bits per heavy atom. The minimum absolute atomic E-state index is 0.369. The second-order valence-corrected chi connectivity index (χ2v) is 5.96. The molecule has 0 amide bonds. The quantitative estimate of drug-likeness (QED) is 0.928. The van der Waals surface area contributed by atoms with Crippen LogP contribution < -0.4 is 5.32 Å².